The number of amides is 1. The van der Waals surface area contributed by atoms with E-state index in [9.17, 15) is 9.59 Å². The molecule has 1 N–H and O–H groups in total. The van der Waals surface area contributed by atoms with Gasteiger partial charge in [-0.15, -0.1) is 0 Å². The fraction of sp³-hybridized carbons (Fsp3) is 0.200. The predicted octanol–water partition coefficient (Wildman–Crippen LogP) is 2.09. The average molecular weight is 315 g/mol. The number of ether oxygens (including phenoxy) is 1. The van der Waals surface area contributed by atoms with Crippen LogP contribution >= 0.6 is 11.8 Å². The Morgan fingerprint density at radius 2 is 2.23 bits per heavy atom. The number of Topliss-reactive ketones (excluding diaryl/α,β-unsaturated/α-hetero) is 1. The molecule has 0 unspecified atom stereocenters. The summed E-state index contributed by atoms with van der Waals surface area (Å²) in [5.41, 5.74) is 1.92. The lowest BCUT2D eigenvalue weighted by Crippen LogP contribution is -2.25. The summed E-state index contributed by atoms with van der Waals surface area (Å²) in [6.45, 7) is 1.88. The lowest BCUT2D eigenvalue weighted by Gasteiger charge is -2.18. The van der Waals surface area contributed by atoms with E-state index in [-0.39, 0.29) is 24.1 Å². The van der Waals surface area contributed by atoms with Crippen molar-refractivity contribution in [2.45, 2.75) is 11.9 Å². The zero-order valence-electron chi connectivity index (χ0n) is 11.8. The lowest BCUT2D eigenvalue weighted by molar-refractivity contribution is -0.118. The predicted molar refractivity (Wildman–Crippen MR) is 82.4 cm³/mol. The van der Waals surface area contributed by atoms with E-state index in [2.05, 4.69) is 15.3 Å². The summed E-state index contributed by atoms with van der Waals surface area (Å²) in [4.78, 5) is 31.7. The van der Waals surface area contributed by atoms with Crippen molar-refractivity contribution in [2.75, 3.05) is 17.7 Å². The number of carbonyl (C=O) groups is 2. The SMILES string of the molecule is Cc1cc(SCC(=O)c2ccc3c(c2)NC(=O)CO3)ncn1. The maximum Gasteiger partial charge on any atom is 0.262 e. The Morgan fingerprint density at radius 3 is 3.05 bits per heavy atom. The van der Waals surface area contributed by atoms with E-state index in [0.717, 1.165) is 10.7 Å². The van der Waals surface area contributed by atoms with Gasteiger partial charge in [0, 0.05) is 11.3 Å². The van der Waals surface area contributed by atoms with E-state index < -0.39 is 0 Å². The highest BCUT2D eigenvalue weighted by Gasteiger charge is 2.18. The summed E-state index contributed by atoms with van der Waals surface area (Å²) < 4.78 is 5.27. The van der Waals surface area contributed by atoms with Crippen molar-refractivity contribution in [3.05, 3.63) is 41.9 Å². The van der Waals surface area contributed by atoms with Crippen LogP contribution < -0.4 is 10.1 Å². The molecule has 1 amide bonds. The van der Waals surface area contributed by atoms with Gasteiger partial charge in [0.1, 0.15) is 17.1 Å². The number of nitrogens with one attached hydrogen (secondary N) is 1. The summed E-state index contributed by atoms with van der Waals surface area (Å²) in [5.74, 6) is 0.589. The Bertz CT molecular complexity index is 749. The highest BCUT2D eigenvalue weighted by molar-refractivity contribution is 7.99. The quantitative estimate of drug-likeness (QED) is 0.528. The van der Waals surface area contributed by atoms with Crippen molar-refractivity contribution >= 4 is 29.1 Å². The standard InChI is InChI=1S/C15H13N3O3S/c1-9-4-15(17-8-16-9)22-7-12(19)10-2-3-13-11(5-10)18-14(20)6-21-13/h2-5,8H,6-7H2,1H3,(H,18,20). The second-order valence-corrected chi connectivity index (χ2v) is 5.75. The molecule has 1 aliphatic heterocycles. The van der Waals surface area contributed by atoms with Crippen LogP contribution in [-0.4, -0.2) is 34.0 Å². The van der Waals surface area contributed by atoms with Crippen LogP contribution in [0.25, 0.3) is 0 Å². The van der Waals surface area contributed by atoms with Gasteiger partial charge in [-0.2, -0.15) is 0 Å². The van der Waals surface area contributed by atoms with Crippen LogP contribution in [-0.2, 0) is 4.79 Å². The number of hydrogen-bond donors (Lipinski definition) is 1. The van der Waals surface area contributed by atoms with Gasteiger partial charge in [-0.3, -0.25) is 9.59 Å². The van der Waals surface area contributed by atoms with Crippen molar-refractivity contribution in [2.24, 2.45) is 0 Å². The Labute approximate surface area is 131 Å². The molecule has 3 rings (SSSR count). The number of ketones is 1. The van der Waals surface area contributed by atoms with Crippen molar-refractivity contribution in [3.63, 3.8) is 0 Å². The van der Waals surface area contributed by atoms with Crippen LogP contribution in [0.5, 0.6) is 5.75 Å². The smallest absolute Gasteiger partial charge is 0.262 e. The highest BCUT2D eigenvalue weighted by Crippen LogP contribution is 2.29. The van der Waals surface area contributed by atoms with Crippen LogP contribution in [0.2, 0.25) is 0 Å². The van der Waals surface area contributed by atoms with Gasteiger partial charge in [-0.25, -0.2) is 9.97 Å². The molecule has 2 heterocycles. The molecular weight excluding hydrogens is 302 g/mol. The average Bonchev–Trinajstić information content (AvgIpc) is 2.52. The normalized spacial score (nSPS) is 13.0. The second kappa shape index (κ2) is 6.15. The van der Waals surface area contributed by atoms with Gasteiger partial charge < -0.3 is 10.1 Å². The maximum atomic E-state index is 12.3. The molecule has 0 radical (unpaired) electrons. The molecule has 0 aliphatic carbocycles. The number of thioether (sulfide) groups is 1. The molecule has 0 atom stereocenters. The van der Waals surface area contributed by atoms with Crippen LogP contribution in [0.1, 0.15) is 16.1 Å². The Hall–Kier alpha value is -2.41. The third-order valence-electron chi connectivity index (χ3n) is 3.06. The molecule has 0 spiro atoms. The van der Waals surface area contributed by atoms with Crippen molar-refractivity contribution < 1.29 is 14.3 Å². The zero-order valence-corrected chi connectivity index (χ0v) is 12.6. The first-order chi connectivity index (χ1) is 10.6. The van der Waals surface area contributed by atoms with E-state index in [1.807, 2.05) is 13.0 Å². The van der Waals surface area contributed by atoms with Crippen molar-refractivity contribution in [1.82, 2.24) is 9.97 Å². The summed E-state index contributed by atoms with van der Waals surface area (Å²) in [6, 6.07) is 6.87. The fourth-order valence-electron chi connectivity index (χ4n) is 1.99. The summed E-state index contributed by atoms with van der Waals surface area (Å²) in [5, 5.41) is 3.45. The lowest BCUT2D eigenvalue weighted by atomic mass is 10.1. The van der Waals surface area contributed by atoms with Crippen LogP contribution in [0.4, 0.5) is 5.69 Å². The molecule has 7 heteroatoms. The molecule has 1 aromatic carbocycles. The minimum absolute atomic E-state index is 0.00318. The molecular formula is C15H13N3O3S. The minimum atomic E-state index is -0.220. The molecule has 6 nitrogen and oxygen atoms in total. The molecule has 1 aliphatic rings. The molecule has 112 valence electrons. The Morgan fingerprint density at radius 1 is 1.36 bits per heavy atom. The van der Waals surface area contributed by atoms with Gasteiger partial charge in [0.15, 0.2) is 12.4 Å². The van der Waals surface area contributed by atoms with E-state index >= 15 is 0 Å². The first kappa shape index (κ1) is 14.5. The fourth-order valence-corrected chi connectivity index (χ4v) is 2.81. The monoisotopic (exact) mass is 315 g/mol. The first-order valence-corrected chi connectivity index (χ1v) is 7.62. The van der Waals surface area contributed by atoms with Gasteiger partial charge in [-0.05, 0) is 31.2 Å². The minimum Gasteiger partial charge on any atom is -0.482 e. The molecule has 0 fully saturated rings. The Balaban J connectivity index is 1.70. The number of rotatable bonds is 4. The zero-order chi connectivity index (χ0) is 15.5. The highest BCUT2D eigenvalue weighted by atomic mass is 32.2. The number of benzene rings is 1. The van der Waals surface area contributed by atoms with Crippen LogP contribution in [0, 0.1) is 6.92 Å². The molecule has 0 bridgehead atoms. The van der Waals surface area contributed by atoms with E-state index in [1.54, 1.807) is 18.2 Å². The van der Waals surface area contributed by atoms with Crippen molar-refractivity contribution in [3.8, 4) is 5.75 Å². The molecule has 1 aromatic heterocycles. The summed E-state index contributed by atoms with van der Waals surface area (Å²) in [6.07, 6.45) is 1.48. The van der Waals surface area contributed by atoms with E-state index in [1.165, 1.54) is 18.1 Å². The van der Waals surface area contributed by atoms with Gasteiger partial charge in [0.2, 0.25) is 0 Å². The van der Waals surface area contributed by atoms with E-state index in [0.29, 0.717) is 17.0 Å². The van der Waals surface area contributed by atoms with Gasteiger partial charge in [-0.1, -0.05) is 11.8 Å². The number of aryl methyl sites for hydroxylation is 1. The van der Waals surface area contributed by atoms with Crippen molar-refractivity contribution in [1.29, 1.82) is 0 Å². The summed E-state index contributed by atoms with van der Waals surface area (Å²) >= 11 is 1.36. The maximum absolute atomic E-state index is 12.3. The number of hydrogen-bond acceptors (Lipinski definition) is 6. The number of aromatic nitrogens is 2. The van der Waals surface area contributed by atoms with Crippen LogP contribution in [0.3, 0.4) is 0 Å². The molecule has 2 aromatic rings. The summed E-state index contributed by atoms with van der Waals surface area (Å²) in [7, 11) is 0. The Kier molecular flexibility index (Phi) is 4.06. The number of nitrogens with zero attached hydrogens (tertiary/aromatic N) is 2. The largest absolute Gasteiger partial charge is 0.482 e. The van der Waals surface area contributed by atoms with Gasteiger partial charge in [0.25, 0.3) is 5.91 Å². The third kappa shape index (κ3) is 3.25. The number of anilines is 1. The second-order valence-electron chi connectivity index (χ2n) is 4.76. The topological polar surface area (TPSA) is 81.2 Å². The third-order valence-corrected chi connectivity index (χ3v) is 3.99. The molecule has 0 saturated heterocycles. The number of carbonyl (C=O) groups excluding carboxylic acids is 2. The molecule has 22 heavy (non-hydrogen) atoms. The van der Waals surface area contributed by atoms with Gasteiger partial charge >= 0.3 is 0 Å². The first-order valence-electron chi connectivity index (χ1n) is 6.63. The van der Waals surface area contributed by atoms with Gasteiger partial charge in [0.05, 0.1) is 11.4 Å². The number of fused-ring (bicyclic) bond motifs is 1. The van der Waals surface area contributed by atoms with E-state index in [4.69, 9.17) is 4.74 Å². The molecule has 0 saturated carbocycles. The van der Waals surface area contributed by atoms with Crippen LogP contribution in [0.15, 0.2) is 35.6 Å².